The fraction of sp³-hybridized carbons (Fsp3) is 0.500. The number of amides is 1. The van der Waals surface area contributed by atoms with Crippen LogP contribution in [-0.2, 0) is 6.42 Å². The molecule has 1 atom stereocenters. The molecular weight excluding hydrogens is 290 g/mol. The minimum absolute atomic E-state index is 0.0983. The zero-order valence-corrected chi connectivity index (χ0v) is 13.9. The summed E-state index contributed by atoms with van der Waals surface area (Å²) in [6.45, 7) is 7.66. The first-order valence-corrected chi connectivity index (χ1v) is 8.38. The number of aromatic amines is 1. The zero-order chi connectivity index (χ0) is 16.4. The van der Waals surface area contributed by atoms with Crippen LogP contribution < -0.4 is 0 Å². The molecule has 1 saturated heterocycles. The van der Waals surface area contributed by atoms with E-state index in [0.717, 1.165) is 36.0 Å². The third-order valence-electron chi connectivity index (χ3n) is 4.60. The average molecular weight is 315 g/mol. The lowest BCUT2D eigenvalue weighted by atomic mass is 10.1. The van der Waals surface area contributed by atoms with Gasteiger partial charge in [0.25, 0.3) is 5.91 Å². The van der Waals surface area contributed by atoms with Crippen LogP contribution >= 0.6 is 0 Å². The smallest absolute Gasteiger partial charge is 0.256 e. The van der Waals surface area contributed by atoms with E-state index in [0.29, 0.717) is 19.6 Å². The Morgan fingerprint density at radius 1 is 1.30 bits per heavy atom. The summed E-state index contributed by atoms with van der Waals surface area (Å²) < 4.78 is 0. The Morgan fingerprint density at radius 2 is 2.04 bits per heavy atom. The first-order valence-electron chi connectivity index (χ1n) is 8.38. The number of nitrogens with zero attached hydrogens (tertiary/aromatic N) is 2. The zero-order valence-electron chi connectivity index (χ0n) is 13.9. The quantitative estimate of drug-likeness (QED) is 0.905. The van der Waals surface area contributed by atoms with Gasteiger partial charge in [-0.15, -0.1) is 0 Å². The molecule has 2 N–H and O–H groups in total. The fourth-order valence-electron chi connectivity index (χ4n) is 3.37. The molecule has 1 aromatic heterocycles. The lowest BCUT2D eigenvalue weighted by Crippen LogP contribution is -2.50. The second-order valence-electron chi connectivity index (χ2n) is 6.34. The number of β-amino-alcohol motifs (C(OH)–C–C–N with tert-alkyl or cyclic N) is 1. The van der Waals surface area contributed by atoms with Crippen molar-refractivity contribution in [1.82, 2.24) is 14.8 Å². The van der Waals surface area contributed by atoms with Gasteiger partial charge in [0, 0.05) is 49.8 Å². The molecule has 2 heterocycles. The number of H-pyrrole nitrogens is 1. The van der Waals surface area contributed by atoms with Gasteiger partial charge >= 0.3 is 0 Å². The lowest BCUT2D eigenvalue weighted by molar-refractivity contribution is 0.0556. The molecule has 2 aromatic rings. The summed E-state index contributed by atoms with van der Waals surface area (Å²) in [5.41, 5.74) is 3.08. The van der Waals surface area contributed by atoms with Gasteiger partial charge in [-0.05, 0) is 18.9 Å². The number of carbonyl (C=O) groups is 1. The summed E-state index contributed by atoms with van der Waals surface area (Å²) >= 11 is 0. The molecule has 0 unspecified atom stereocenters. The third kappa shape index (κ3) is 3.26. The molecule has 0 spiro atoms. The third-order valence-corrected chi connectivity index (χ3v) is 4.60. The number of aromatic nitrogens is 1. The molecule has 0 aliphatic carbocycles. The molecule has 0 saturated carbocycles. The molecule has 1 aliphatic heterocycles. The number of para-hydroxylation sites is 1. The van der Waals surface area contributed by atoms with Crippen LogP contribution in [0.1, 0.15) is 29.8 Å². The first kappa shape index (κ1) is 16.0. The summed E-state index contributed by atoms with van der Waals surface area (Å²) in [5, 5.41) is 10.5. The van der Waals surface area contributed by atoms with E-state index in [9.17, 15) is 9.90 Å². The number of nitrogens with one attached hydrogen (secondary N) is 1. The number of aryl methyl sites for hydroxylation is 1. The predicted octanol–water partition coefficient (Wildman–Crippen LogP) is 1.87. The number of aliphatic hydroxyl groups excluding tert-OH is 1. The van der Waals surface area contributed by atoms with Crippen molar-refractivity contribution in [3.8, 4) is 0 Å². The van der Waals surface area contributed by atoms with Crippen LogP contribution in [0.25, 0.3) is 10.9 Å². The second-order valence-corrected chi connectivity index (χ2v) is 6.34. The van der Waals surface area contributed by atoms with Gasteiger partial charge in [-0.3, -0.25) is 9.69 Å². The molecule has 1 aromatic carbocycles. The predicted molar refractivity (Wildman–Crippen MR) is 91.7 cm³/mol. The highest BCUT2D eigenvalue weighted by atomic mass is 16.3. The molecule has 3 rings (SSSR count). The summed E-state index contributed by atoms with van der Waals surface area (Å²) in [7, 11) is 0. The number of aliphatic hydroxyl groups is 1. The van der Waals surface area contributed by atoms with Gasteiger partial charge in [0.15, 0.2) is 0 Å². The van der Waals surface area contributed by atoms with E-state index in [1.54, 1.807) is 6.92 Å². The van der Waals surface area contributed by atoms with E-state index >= 15 is 0 Å². The van der Waals surface area contributed by atoms with Gasteiger partial charge in [0.05, 0.1) is 11.7 Å². The molecule has 124 valence electrons. The Bertz CT molecular complexity index is 685. The van der Waals surface area contributed by atoms with E-state index < -0.39 is 0 Å². The fourth-order valence-corrected chi connectivity index (χ4v) is 3.37. The van der Waals surface area contributed by atoms with Gasteiger partial charge < -0.3 is 15.0 Å². The van der Waals surface area contributed by atoms with Crippen LogP contribution in [0, 0.1) is 0 Å². The Labute approximate surface area is 136 Å². The van der Waals surface area contributed by atoms with Gasteiger partial charge in [-0.2, -0.15) is 0 Å². The minimum atomic E-state index is -0.321. The van der Waals surface area contributed by atoms with Crippen LogP contribution in [0.15, 0.2) is 24.4 Å². The molecule has 1 fully saturated rings. The Morgan fingerprint density at radius 3 is 2.70 bits per heavy atom. The van der Waals surface area contributed by atoms with Crippen molar-refractivity contribution in [2.24, 2.45) is 0 Å². The van der Waals surface area contributed by atoms with Gasteiger partial charge in [-0.25, -0.2) is 0 Å². The first-order chi connectivity index (χ1) is 11.1. The number of piperazine rings is 1. The molecule has 23 heavy (non-hydrogen) atoms. The normalized spacial score (nSPS) is 17.6. The molecule has 5 heteroatoms. The maximum atomic E-state index is 12.8. The van der Waals surface area contributed by atoms with E-state index in [1.807, 2.05) is 23.2 Å². The van der Waals surface area contributed by atoms with Crippen LogP contribution in [-0.4, -0.2) is 64.6 Å². The number of hydrogen-bond donors (Lipinski definition) is 2. The van der Waals surface area contributed by atoms with Crippen molar-refractivity contribution in [3.63, 3.8) is 0 Å². The number of carbonyl (C=O) groups excluding carboxylic acids is 1. The SMILES string of the molecule is CCc1cccc2c(C(=O)N3CCN(C[C@@H](C)O)CC3)c[nH]c12. The van der Waals surface area contributed by atoms with E-state index in [2.05, 4.69) is 22.9 Å². The highest BCUT2D eigenvalue weighted by molar-refractivity contribution is 6.07. The van der Waals surface area contributed by atoms with E-state index in [1.165, 1.54) is 5.56 Å². The van der Waals surface area contributed by atoms with E-state index in [-0.39, 0.29) is 12.0 Å². The Hall–Kier alpha value is -1.85. The molecule has 0 radical (unpaired) electrons. The van der Waals surface area contributed by atoms with Crippen LogP contribution in [0.2, 0.25) is 0 Å². The van der Waals surface area contributed by atoms with E-state index in [4.69, 9.17) is 0 Å². The highest BCUT2D eigenvalue weighted by Crippen LogP contribution is 2.23. The van der Waals surface area contributed by atoms with Gasteiger partial charge in [0.1, 0.15) is 0 Å². The van der Waals surface area contributed by atoms with Gasteiger partial charge in [0.2, 0.25) is 0 Å². The molecule has 0 bridgehead atoms. The van der Waals surface area contributed by atoms with Crippen molar-refractivity contribution >= 4 is 16.8 Å². The largest absolute Gasteiger partial charge is 0.392 e. The summed E-state index contributed by atoms with van der Waals surface area (Å²) in [6, 6.07) is 6.14. The number of fused-ring (bicyclic) bond motifs is 1. The maximum Gasteiger partial charge on any atom is 0.256 e. The summed E-state index contributed by atoms with van der Waals surface area (Å²) in [5.74, 6) is 0.0983. The molecule has 5 nitrogen and oxygen atoms in total. The molecule has 1 amide bonds. The van der Waals surface area contributed by atoms with Gasteiger partial charge in [-0.1, -0.05) is 25.1 Å². The number of benzene rings is 1. The second kappa shape index (κ2) is 6.72. The number of rotatable bonds is 4. The summed E-state index contributed by atoms with van der Waals surface area (Å²) in [4.78, 5) is 20.2. The maximum absolute atomic E-state index is 12.8. The monoisotopic (exact) mass is 315 g/mol. The van der Waals surface area contributed by atoms with Crippen molar-refractivity contribution in [3.05, 3.63) is 35.5 Å². The van der Waals surface area contributed by atoms with Crippen LogP contribution in [0.3, 0.4) is 0 Å². The Kier molecular flexibility index (Phi) is 4.68. The highest BCUT2D eigenvalue weighted by Gasteiger charge is 2.24. The van der Waals surface area contributed by atoms with Crippen LogP contribution in [0.5, 0.6) is 0 Å². The van der Waals surface area contributed by atoms with Crippen molar-refractivity contribution in [2.45, 2.75) is 26.4 Å². The van der Waals surface area contributed by atoms with Crippen LogP contribution in [0.4, 0.5) is 0 Å². The average Bonchev–Trinajstić information content (AvgIpc) is 2.98. The summed E-state index contributed by atoms with van der Waals surface area (Å²) in [6.07, 6.45) is 2.47. The number of hydrogen-bond acceptors (Lipinski definition) is 3. The standard InChI is InChI=1S/C18H25N3O2/c1-3-14-5-4-6-15-16(11-19-17(14)15)18(23)21-9-7-20(8-10-21)12-13(2)22/h4-6,11,13,19,22H,3,7-10,12H2,1-2H3/t13-/m1/s1. The topological polar surface area (TPSA) is 59.6 Å². The lowest BCUT2D eigenvalue weighted by Gasteiger charge is -2.35. The van der Waals surface area contributed by atoms with Crippen molar-refractivity contribution in [1.29, 1.82) is 0 Å². The minimum Gasteiger partial charge on any atom is -0.392 e. The molecule has 1 aliphatic rings. The molecular formula is C18H25N3O2. The van der Waals surface area contributed by atoms with Crippen molar-refractivity contribution in [2.75, 3.05) is 32.7 Å². The Balaban J connectivity index is 1.75. The van der Waals surface area contributed by atoms with Crippen molar-refractivity contribution < 1.29 is 9.90 Å².